The normalized spacial score (nSPS) is 11.5. The second-order valence-corrected chi connectivity index (χ2v) is 5.89. The Morgan fingerprint density at radius 3 is 2.39 bits per heavy atom. The molecule has 1 N–H and O–H groups in total. The van der Waals surface area contributed by atoms with Crippen molar-refractivity contribution in [2.75, 3.05) is 32.6 Å². The number of nitriles is 1. The molecule has 23 heavy (non-hydrogen) atoms. The highest BCUT2D eigenvalue weighted by atomic mass is 16.2. The molecule has 0 aliphatic heterocycles. The molecule has 124 valence electrons. The van der Waals surface area contributed by atoms with Crippen LogP contribution < -0.4 is 10.2 Å². The maximum absolute atomic E-state index is 12.2. The fourth-order valence-electron chi connectivity index (χ4n) is 1.99. The van der Waals surface area contributed by atoms with E-state index < -0.39 is 6.04 Å². The Hall–Kier alpha value is -2.62. The van der Waals surface area contributed by atoms with Crippen molar-refractivity contribution in [1.82, 2.24) is 15.2 Å². The van der Waals surface area contributed by atoms with E-state index in [1.54, 1.807) is 38.2 Å². The van der Waals surface area contributed by atoms with Gasteiger partial charge in [0.05, 0.1) is 12.1 Å². The number of nitrogens with one attached hydrogen (secondary N) is 1. The quantitative estimate of drug-likeness (QED) is 0.831. The van der Waals surface area contributed by atoms with Crippen LogP contribution in [0.25, 0.3) is 0 Å². The Balaban J connectivity index is 2.70. The number of pyridine rings is 1. The van der Waals surface area contributed by atoms with Gasteiger partial charge < -0.3 is 15.1 Å². The maximum Gasteiger partial charge on any atom is 0.244 e. The average molecular weight is 317 g/mol. The van der Waals surface area contributed by atoms with E-state index in [0.717, 1.165) is 0 Å². The van der Waals surface area contributed by atoms with E-state index >= 15 is 0 Å². The van der Waals surface area contributed by atoms with E-state index in [0.29, 0.717) is 11.4 Å². The maximum atomic E-state index is 12.2. The SMILES string of the molecule is CC(C)C(NC(=O)CN(C)c1ccc(C#N)cn1)C(=O)N(C)C. The van der Waals surface area contributed by atoms with E-state index in [9.17, 15) is 9.59 Å². The second kappa shape index (κ2) is 8.13. The minimum atomic E-state index is -0.556. The third kappa shape index (κ3) is 5.25. The van der Waals surface area contributed by atoms with Crippen LogP contribution in [-0.2, 0) is 9.59 Å². The number of carbonyl (C=O) groups excluding carboxylic acids is 2. The van der Waals surface area contributed by atoms with Crippen molar-refractivity contribution in [3.63, 3.8) is 0 Å². The van der Waals surface area contributed by atoms with Gasteiger partial charge in [0.15, 0.2) is 0 Å². The Kier molecular flexibility index (Phi) is 6.51. The van der Waals surface area contributed by atoms with Crippen molar-refractivity contribution >= 4 is 17.6 Å². The number of amides is 2. The Morgan fingerprint density at radius 2 is 1.96 bits per heavy atom. The Morgan fingerprint density at radius 1 is 1.30 bits per heavy atom. The molecular weight excluding hydrogens is 294 g/mol. The highest BCUT2D eigenvalue weighted by Gasteiger charge is 2.25. The number of aromatic nitrogens is 1. The van der Waals surface area contributed by atoms with Crippen LogP contribution in [0.2, 0.25) is 0 Å². The third-order valence-corrected chi connectivity index (χ3v) is 3.34. The lowest BCUT2D eigenvalue weighted by atomic mass is 10.0. The van der Waals surface area contributed by atoms with Crippen LogP contribution in [0.15, 0.2) is 18.3 Å². The summed E-state index contributed by atoms with van der Waals surface area (Å²) in [4.78, 5) is 31.5. The van der Waals surface area contributed by atoms with Gasteiger partial charge in [-0.05, 0) is 18.1 Å². The summed E-state index contributed by atoms with van der Waals surface area (Å²) in [6, 6.07) is 4.76. The highest BCUT2D eigenvalue weighted by molar-refractivity contribution is 5.89. The molecule has 0 saturated heterocycles. The fraction of sp³-hybridized carbons (Fsp3) is 0.500. The van der Waals surface area contributed by atoms with Crippen LogP contribution in [0.3, 0.4) is 0 Å². The van der Waals surface area contributed by atoms with Gasteiger partial charge in [-0.25, -0.2) is 4.98 Å². The van der Waals surface area contributed by atoms with Crippen LogP contribution in [-0.4, -0.2) is 55.4 Å². The predicted octanol–water partition coefficient (Wildman–Crippen LogP) is 0.618. The van der Waals surface area contributed by atoms with Crippen LogP contribution in [0, 0.1) is 17.2 Å². The summed E-state index contributed by atoms with van der Waals surface area (Å²) in [5.41, 5.74) is 0.461. The van der Waals surface area contributed by atoms with Gasteiger partial charge >= 0.3 is 0 Å². The summed E-state index contributed by atoms with van der Waals surface area (Å²) < 4.78 is 0. The molecule has 0 aromatic carbocycles. The third-order valence-electron chi connectivity index (χ3n) is 3.34. The molecule has 1 aromatic heterocycles. The Labute approximate surface area is 136 Å². The molecule has 0 radical (unpaired) electrons. The first kappa shape index (κ1) is 18.4. The molecule has 0 bridgehead atoms. The number of nitrogens with zero attached hydrogens (tertiary/aromatic N) is 4. The standard InChI is InChI=1S/C16H23N5O2/c1-11(2)15(16(23)20(3)4)19-14(22)10-21(5)13-7-6-12(8-17)9-18-13/h6-7,9,11,15H,10H2,1-5H3,(H,19,22). The zero-order valence-electron chi connectivity index (χ0n) is 14.2. The minimum Gasteiger partial charge on any atom is -0.350 e. The molecule has 7 heteroatoms. The number of hydrogen-bond acceptors (Lipinski definition) is 5. The number of carbonyl (C=O) groups is 2. The van der Waals surface area contributed by atoms with Gasteiger partial charge in [0, 0.05) is 27.3 Å². The first-order valence-electron chi connectivity index (χ1n) is 7.34. The van der Waals surface area contributed by atoms with Gasteiger partial charge in [-0.2, -0.15) is 5.26 Å². The summed E-state index contributed by atoms with van der Waals surface area (Å²) >= 11 is 0. The highest BCUT2D eigenvalue weighted by Crippen LogP contribution is 2.09. The molecule has 1 unspecified atom stereocenters. The van der Waals surface area contributed by atoms with E-state index in [4.69, 9.17) is 5.26 Å². The van der Waals surface area contributed by atoms with Gasteiger partial charge in [-0.1, -0.05) is 13.8 Å². The zero-order chi connectivity index (χ0) is 17.6. The lowest BCUT2D eigenvalue weighted by Gasteiger charge is -2.26. The van der Waals surface area contributed by atoms with Crippen molar-refractivity contribution in [1.29, 1.82) is 5.26 Å². The van der Waals surface area contributed by atoms with Crippen molar-refractivity contribution in [2.45, 2.75) is 19.9 Å². The predicted molar refractivity (Wildman–Crippen MR) is 87.7 cm³/mol. The monoisotopic (exact) mass is 317 g/mol. The van der Waals surface area contributed by atoms with Gasteiger partial charge in [-0.15, -0.1) is 0 Å². The van der Waals surface area contributed by atoms with Crippen molar-refractivity contribution in [3.05, 3.63) is 23.9 Å². The van der Waals surface area contributed by atoms with E-state index in [2.05, 4.69) is 10.3 Å². The molecule has 1 atom stereocenters. The molecule has 1 rings (SSSR count). The van der Waals surface area contributed by atoms with E-state index in [1.165, 1.54) is 11.1 Å². The molecule has 0 aliphatic rings. The smallest absolute Gasteiger partial charge is 0.244 e. The summed E-state index contributed by atoms with van der Waals surface area (Å²) in [5.74, 6) is 0.187. The number of hydrogen-bond donors (Lipinski definition) is 1. The van der Waals surface area contributed by atoms with E-state index in [1.807, 2.05) is 19.9 Å². The Bertz CT molecular complexity index is 589. The van der Waals surface area contributed by atoms with Crippen molar-refractivity contribution in [2.24, 2.45) is 5.92 Å². The molecule has 7 nitrogen and oxygen atoms in total. The largest absolute Gasteiger partial charge is 0.350 e. The first-order valence-corrected chi connectivity index (χ1v) is 7.34. The first-order chi connectivity index (χ1) is 10.8. The molecular formula is C16H23N5O2. The number of rotatable bonds is 6. The minimum absolute atomic E-state index is 0.00723. The van der Waals surface area contributed by atoms with Gasteiger partial charge in [0.2, 0.25) is 11.8 Å². The molecule has 0 aliphatic carbocycles. The van der Waals surface area contributed by atoms with Gasteiger partial charge in [0.1, 0.15) is 17.9 Å². The summed E-state index contributed by atoms with van der Waals surface area (Å²) in [7, 11) is 5.05. The number of anilines is 1. The van der Waals surface area contributed by atoms with Crippen molar-refractivity contribution in [3.8, 4) is 6.07 Å². The lowest BCUT2D eigenvalue weighted by molar-refractivity contribution is -0.135. The summed E-state index contributed by atoms with van der Waals surface area (Å²) in [6.45, 7) is 3.85. The zero-order valence-corrected chi connectivity index (χ0v) is 14.2. The van der Waals surface area contributed by atoms with Crippen LogP contribution in [0.4, 0.5) is 5.82 Å². The molecule has 1 heterocycles. The van der Waals surface area contributed by atoms with Crippen LogP contribution >= 0.6 is 0 Å². The van der Waals surface area contributed by atoms with Gasteiger partial charge in [0.25, 0.3) is 0 Å². The topological polar surface area (TPSA) is 89.3 Å². The van der Waals surface area contributed by atoms with Crippen LogP contribution in [0.5, 0.6) is 0 Å². The van der Waals surface area contributed by atoms with Gasteiger partial charge in [-0.3, -0.25) is 9.59 Å². The fourth-order valence-corrected chi connectivity index (χ4v) is 1.99. The lowest BCUT2D eigenvalue weighted by Crippen LogP contribution is -2.51. The summed E-state index contributed by atoms with van der Waals surface area (Å²) in [6.07, 6.45) is 1.45. The molecule has 2 amide bonds. The van der Waals surface area contributed by atoms with Crippen molar-refractivity contribution < 1.29 is 9.59 Å². The average Bonchev–Trinajstić information content (AvgIpc) is 2.51. The molecule has 0 saturated carbocycles. The van der Waals surface area contributed by atoms with Crippen LogP contribution in [0.1, 0.15) is 19.4 Å². The molecule has 0 fully saturated rings. The molecule has 0 spiro atoms. The molecule has 1 aromatic rings. The second-order valence-electron chi connectivity index (χ2n) is 5.89. The number of likely N-dealkylation sites (N-methyl/N-ethyl adjacent to an activating group) is 2. The summed E-state index contributed by atoms with van der Waals surface area (Å²) in [5, 5.41) is 11.5. The van der Waals surface area contributed by atoms with E-state index in [-0.39, 0.29) is 24.3 Å².